The average molecular weight is 271 g/mol. The van der Waals surface area contributed by atoms with Gasteiger partial charge in [-0.2, -0.15) is 0 Å². The predicted octanol–water partition coefficient (Wildman–Crippen LogP) is 0.447. The van der Waals surface area contributed by atoms with Gasteiger partial charge in [-0.25, -0.2) is 5.01 Å². The second-order valence-electron chi connectivity index (χ2n) is 5.97. The molecular weight excluding hydrogens is 242 g/mol. The quantitative estimate of drug-likeness (QED) is 0.760. The Morgan fingerprint density at radius 2 is 1.84 bits per heavy atom. The molecule has 0 aromatic rings. The topological polar surface area (TPSA) is 48.0 Å². The van der Waals surface area contributed by atoms with Gasteiger partial charge in [0.05, 0.1) is 19.3 Å². The van der Waals surface area contributed by atoms with Crippen molar-refractivity contribution >= 4 is 0 Å². The number of piperidine rings is 1. The van der Waals surface area contributed by atoms with E-state index in [-0.39, 0.29) is 6.10 Å². The molecule has 0 saturated carbocycles. The van der Waals surface area contributed by atoms with Gasteiger partial charge in [-0.1, -0.05) is 6.42 Å². The highest BCUT2D eigenvalue weighted by atomic mass is 16.5. The minimum Gasteiger partial charge on any atom is -0.390 e. The fourth-order valence-electron chi connectivity index (χ4n) is 3.09. The number of β-amino-alcohol motifs (C(OH)–C–C–N with tert-alkyl or cyclic N) is 1. The molecule has 2 saturated heterocycles. The van der Waals surface area contributed by atoms with Crippen molar-refractivity contribution in [2.75, 3.05) is 39.4 Å². The SMILES string of the molecule is CC1CCCC(C)N1NCC(O)CN1CCOCC1. The predicted molar refractivity (Wildman–Crippen MR) is 75.9 cm³/mol. The van der Waals surface area contributed by atoms with Gasteiger partial charge in [0.1, 0.15) is 0 Å². The molecule has 19 heavy (non-hydrogen) atoms. The van der Waals surface area contributed by atoms with Gasteiger partial charge in [-0.15, -0.1) is 0 Å². The second-order valence-corrected chi connectivity index (χ2v) is 5.97. The van der Waals surface area contributed by atoms with Crippen molar-refractivity contribution in [2.45, 2.75) is 51.3 Å². The van der Waals surface area contributed by atoms with Crippen LogP contribution in [0.25, 0.3) is 0 Å². The van der Waals surface area contributed by atoms with Crippen LogP contribution in [0, 0.1) is 0 Å². The summed E-state index contributed by atoms with van der Waals surface area (Å²) in [7, 11) is 0. The fraction of sp³-hybridized carbons (Fsp3) is 1.00. The largest absolute Gasteiger partial charge is 0.390 e. The lowest BCUT2D eigenvalue weighted by molar-refractivity contribution is -0.00291. The van der Waals surface area contributed by atoms with Crippen molar-refractivity contribution in [1.82, 2.24) is 15.3 Å². The minimum absolute atomic E-state index is 0.306. The Labute approximate surface area is 116 Å². The molecule has 5 heteroatoms. The monoisotopic (exact) mass is 271 g/mol. The first-order valence-electron chi connectivity index (χ1n) is 7.67. The van der Waals surface area contributed by atoms with Gasteiger partial charge in [0.25, 0.3) is 0 Å². The molecule has 2 fully saturated rings. The maximum Gasteiger partial charge on any atom is 0.0805 e. The van der Waals surface area contributed by atoms with E-state index in [1.54, 1.807) is 0 Å². The van der Waals surface area contributed by atoms with Crippen LogP contribution in [0.15, 0.2) is 0 Å². The van der Waals surface area contributed by atoms with E-state index >= 15 is 0 Å². The smallest absolute Gasteiger partial charge is 0.0805 e. The average Bonchev–Trinajstić information content (AvgIpc) is 2.39. The highest BCUT2D eigenvalue weighted by molar-refractivity contribution is 4.78. The molecule has 0 aromatic heterocycles. The first-order valence-corrected chi connectivity index (χ1v) is 7.67. The highest BCUT2D eigenvalue weighted by Gasteiger charge is 2.25. The molecule has 3 atom stereocenters. The molecule has 3 unspecified atom stereocenters. The van der Waals surface area contributed by atoms with Crippen LogP contribution in [-0.2, 0) is 4.74 Å². The molecule has 2 N–H and O–H groups in total. The third-order valence-electron chi connectivity index (χ3n) is 4.28. The van der Waals surface area contributed by atoms with E-state index in [0.717, 1.165) is 32.8 Å². The fourth-order valence-corrected chi connectivity index (χ4v) is 3.09. The summed E-state index contributed by atoms with van der Waals surface area (Å²) in [4.78, 5) is 2.28. The van der Waals surface area contributed by atoms with Gasteiger partial charge in [-0.05, 0) is 26.7 Å². The van der Waals surface area contributed by atoms with Crippen molar-refractivity contribution < 1.29 is 9.84 Å². The summed E-state index contributed by atoms with van der Waals surface area (Å²) in [5.41, 5.74) is 3.44. The number of aliphatic hydroxyl groups excluding tert-OH is 1. The lowest BCUT2D eigenvalue weighted by Crippen LogP contribution is -2.55. The van der Waals surface area contributed by atoms with Crippen LogP contribution < -0.4 is 5.43 Å². The molecule has 0 aromatic carbocycles. The first kappa shape index (κ1) is 15.2. The molecule has 0 spiro atoms. The zero-order valence-corrected chi connectivity index (χ0v) is 12.3. The summed E-state index contributed by atoms with van der Waals surface area (Å²) in [5.74, 6) is 0. The van der Waals surface area contributed by atoms with Gasteiger partial charge in [-0.3, -0.25) is 10.3 Å². The molecule has 2 aliphatic rings. The Balaban J connectivity index is 1.68. The van der Waals surface area contributed by atoms with E-state index in [4.69, 9.17) is 4.74 Å². The van der Waals surface area contributed by atoms with Crippen LogP contribution in [-0.4, -0.2) is 72.6 Å². The number of rotatable bonds is 5. The van der Waals surface area contributed by atoms with Gasteiger partial charge < -0.3 is 9.84 Å². The van der Waals surface area contributed by atoms with Crippen molar-refractivity contribution in [3.05, 3.63) is 0 Å². The van der Waals surface area contributed by atoms with E-state index in [1.165, 1.54) is 19.3 Å². The van der Waals surface area contributed by atoms with Crippen molar-refractivity contribution in [3.63, 3.8) is 0 Å². The molecule has 2 aliphatic heterocycles. The molecule has 0 bridgehead atoms. The minimum atomic E-state index is -0.306. The van der Waals surface area contributed by atoms with Crippen molar-refractivity contribution in [3.8, 4) is 0 Å². The van der Waals surface area contributed by atoms with Gasteiger partial charge in [0.15, 0.2) is 0 Å². The summed E-state index contributed by atoms with van der Waals surface area (Å²) >= 11 is 0. The maximum absolute atomic E-state index is 10.1. The normalized spacial score (nSPS) is 32.4. The lowest BCUT2D eigenvalue weighted by atomic mass is 10.00. The molecule has 0 amide bonds. The van der Waals surface area contributed by atoms with E-state index in [9.17, 15) is 5.11 Å². The Kier molecular flexibility index (Phi) is 6.04. The second kappa shape index (κ2) is 7.55. The molecular formula is C14H29N3O2. The molecule has 0 radical (unpaired) electrons. The van der Waals surface area contributed by atoms with Crippen LogP contribution in [0.2, 0.25) is 0 Å². The third-order valence-corrected chi connectivity index (χ3v) is 4.28. The maximum atomic E-state index is 10.1. The van der Waals surface area contributed by atoms with E-state index in [1.807, 2.05) is 0 Å². The Bertz CT molecular complexity index is 249. The zero-order chi connectivity index (χ0) is 13.7. The molecule has 112 valence electrons. The lowest BCUT2D eigenvalue weighted by Gasteiger charge is -2.40. The van der Waals surface area contributed by atoms with Crippen LogP contribution in [0.1, 0.15) is 33.1 Å². The summed E-state index contributed by atoms with van der Waals surface area (Å²) in [5, 5.41) is 12.5. The van der Waals surface area contributed by atoms with Gasteiger partial charge in [0.2, 0.25) is 0 Å². The number of aliphatic hydroxyl groups is 1. The number of hydrogen-bond donors (Lipinski definition) is 2. The van der Waals surface area contributed by atoms with Crippen LogP contribution in [0.5, 0.6) is 0 Å². The van der Waals surface area contributed by atoms with E-state index in [0.29, 0.717) is 18.6 Å². The van der Waals surface area contributed by atoms with Gasteiger partial charge in [0, 0.05) is 38.3 Å². The Hall–Kier alpha value is -0.200. The number of morpholine rings is 1. The number of nitrogens with zero attached hydrogens (tertiary/aromatic N) is 2. The highest BCUT2D eigenvalue weighted by Crippen LogP contribution is 2.20. The van der Waals surface area contributed by atoms with Crippen molar-refractivity contribution in [2.24, 2.45) is 0 Å². The zero-order valence-electron chi connectivity index (χ0n) is 12.3. The standard InChI is InChI=1S/C14H29N3O2/c1-12-4-3-5-13(2)17(12)15-10-14(18)11-16-6-8-19-9-7-16/h12-15,18H,3-11H2,1-2H3. The summed E-state index contributed by atoms with van der Waals surface area (Å²) in [6.07, 6.45) is 3.50. The Morgan fingerprint density at radius 1 is 1.21 bits per heavy atom. The third kappa shape index (κ3) is 4.68. The number of hydrogen-bond acceptors (Lipinski definition) is 5. The first-order chi connectivity index (χ1) is 9.16. The molecule has 2 heterocycles. The Morgan fingerprint density at radius 3 is 2.47 bits per heavy atom. The number of nitrogens with one attached hydrogen (secondary N) is 1. The summed E-state index contributed by atoms with van der Waals surface area (Å²) in [6, 6.07) is 1.14. The molecule has 2 rings (SSSR count). The van der Waals surface area contributed by atoms with Gasteiger partial charge >= 0.3 is 0 Å². The van der Waals surface area contributed by atoms with Crippen LogP contribution >= 0.6 is 0 Å². The van der Waals surface area contributed by atoms with Crippen LogP contribution in [0.3, 0.4) is 0 Å². The molecule has 5 nitrogen and oxygen atoms in total. The van der Waals surface area contributed by atoms with E-state index in [2.05, 4.69) is 29.2 Å². The van der Waals surface area contributed by atoms with E-state index < -0.39 is 0 Å². The summed E-state index contributed by atoms with van der Waals surface area (Å²) < 4.78 is 5.32. The molecule has 0 aliphatic carbocycles. The summed E-state index contributed by atoms with van der Waals surface area (Å²) in [6.45, 7) is 9.37. The van der Waals surface area contributed by atoms with Crippen LogP contribution in [0.4, 0.5) is 0 Å². The number of hydrazine groups is 1. The van der Waals surface area contributed by atoms with Crippen molar-refractivity contribution in [1.29, 1.82) is 0 Å². The number of ether oxygens (including phenoxy) is 1.